The van der Waals surface area contributed by atoms with Crippen LogP contribution in [0.1, 0.15) is 15.4 Å². The molecule has 0 radical (unpaired) electrons. The lowest BCUT2D eigenvalue weighted by molar-refractivity contribution is -0.120. The summed E-state index contributed by atoms with van der Waals surface area (Å²) in [5.41, 5.74) is 2.11. The molecule has 0 saturated carbocycles. The van der Waals surface area contributed by atoms with Crippen LogP contribution in [0.4, 0.5) is 0 Å². The number of carbonyl (C=O) groups is 1. The number of carbonyl (C=O) groups excluding carboxylic acids is 1. The van der Waals surface area contributed by atoms with Crippen molar-refractivity contribution in [1.82, 2.24) is 15.3 Å². The third-order valence-corrected chi connectivity index (χ3v) is 4.36. The summed E-state index contributed by atoms with van der Waals surface area (Å²) < 4.78 is 0. The van der Waals surface area contributed by atoms with Gasteiger partial charge in [0.2, 0.25) is 5.91 Å². The van der Waals surface area contributed by atoms with Crippen molar-refractivity contribution in [3.8, 4) is 0 Å². The van der Waals surface area contributed by atoms with Crippen molar-refractivity contribution >= 4 is 28.1 Å². The zero-order chi connectivity index (χ0) is 14.7. The molecule has 1 aromatic carbocycles. The Morgan fingerprint density at radius 3 is 3.05 bits per heavy atom. The van der Waals surface area contributed by atoms with E-state index in [0.717, 1.165) is 27.9 Å². The number of hydrogen-bond donors (Lipinski definition) is 2. The molecule has 2 heterocycles. The molecule has 1 amide bonds. The molecule has 21 heavy (non-hydrogen) atoms. The third-order valence-electron chi connectivity index (χ3n) is 3.39. The van der Waals surface area contributed by atoms with Crippen LogP contribution in [0.2, 0.25) is 0 Å². The average molecular weight is 299 g/mol. The van der Waals surface area contributed by atoms with Crippen molar-refractivity contribution in [3.63, 3.8) is 0 Å². The Kier molecular flexibility index (Phi) is 4.01. The van der Waals surface area contributed by atoms with Crippen molar-refractivity contribution < 1.29 is 4.79 Å². The summed E-state index contributed by atoms with van der Waals surface area (Å²) in [5.74, 6) is 0.0565. The van der Waals surface area contributed by atoms with Crippen LogP contribution in [-0.4, -0.2) is 22.4 Å². The maximum absolute atomic E-state index is 12.0. The molecule has 2 N–H and O–H groups in total. The second-order valence-electron chi connectivity index (χ2n) is 4.98. The predicted octanol–water partition coefficient (Wildman–Crippen LogP) is 2.83. The molecular formula is C16H17N3OS. The summed E-state index contributed by atoms with van der Waals surface area (Å²) in [6, 6.07) is 8.03. The molecule has 108 valence electrons. The second kappa shape index (κ2) is 6.10. The lowest BCUT2D eigenvalue weighted by Gasteiger charge is -2.03. The number of thiazole rings is 1. The number of H-pyrrole nitrogens is 1. The third kappa shape index (κ3) is 3.31. The van der Waals surface area contributed by atoms with Gasteiger partial charge in [0.05, 0.1) is 11.4 Å². The molecule has 0 aliphatic rings. The number of hydrogen-bond acceptors (Lipinski definition) is 3. The van der Waals surface area contributed by atoms with Crippen LogP contribution < -0.4 is 5.32 Å². The van der Waals surface area contributed by atoms with E-state index in [-0.39, 0.29) is 5.91 Å². The number of rotatable bonds is 5. The fraction of sp³-hybridized carbons (Fsp3) is 0.250. The zero-order valence-corrected chi connectivity index (χ0v) is 12.7. The number of nitrogens with one attached hydrogen (secondary N) is 2. The van der Waals surface area contributed by atoms with Gasteiger partial charge in [0.1, 0.15) is 0 Å². The van der Waals surface area contributed by atoms with E-state index in [9.17, 15) is 4.79 Å². The van der Waals surface area contributed by atoms with E-state index in [2.05, 4.69) is 15.3 Å². The van der Waals surface area contributed by atoms with E-state index in [1.807, 2.05) is 43.6 Å². The van der Waals surface area contributed by atoms with Gasteiger partial charge in [0.25, 0.3) is 0 Å². The molecule has 0 atom stereocenters. The van der Waals surface area contributed by atoms with Crippen LogP contribution in [0.3, 0.4) is 0 Å². The number of aryl methyl sites for hydroxylation is 1. The van der Waals surface area contributed by atoms with Gasteiger partial charge in [-0.1, -0.05) is 18.2 Å². The number of benzene rings is 1. The Bertz CT molecular complexity index is 760. The molecule has 0 saturated heterocycles. The fourth-order valence-corrected chi connectivity index (χ4v) is 3.15. The van der Waals surface area contributed by atoms with Crippen molar-refractivity contribution in [2.75, 3.05) is 6.54 Å². The molecule has 4 nitrogen and oxygen atoms in total. The number of para-hydroxylation sites is 1. The molecule has 3 aromatic rings. The highest BCUT2D eigenvalue weighted by Gasteiger charge is 2.08. The monoisotopic (exact) mass is 299 g/mol. The van der Waals surface area contributed by atoms with Crippen molar-refractivity contribution in [2.45, 2.75) is 19.8 Å². The maximum atomic E-state index is 12.0. The number of aromatic amines is 1. The molecule has 0 aliphatic carbocycles. The molecule has 0 fully saturated rings. The second-order valence-corrected chi connectivity index (χ2v) is 6.30. The molecule has 0 spiro atoms. The highest BCUT2D eigenvalue weighted by Crippen LogP contribution is 2.18. The zero-order valence-electron chi connectivity index (χ0n) is 11.8. The standard InChI is InChI=1S/C16H17N3OS/c1-11-18-10-13(21-11)6-7-17-16(20)8-12-9-19-15-5-3-2-4-14(12)15/h2-5,9-10,19H,6-8H2,1H3,(H,17,20). The van der Waals surface area contributed by atoms with Crippen LogP contribution in [-0.2, 0) is 17.6 Å². The van der Waals surface area contributed by atoms with E-state index in [1.165, 1.54) is 4.88 Å². The quantitative estimate of drug-likeness (QED) is 0.761. The fourth-order valence-electron chi connectivity index (χ4n) is 2.36. The van der Waals surface area contributed by atoms with E-state index >= 15 is 0 Å². The van der Waals surface area contributed by atoms with Crippen molar-refractivity contribution in [2.24, 2.45) is 0 Å². The molecular weight excluding hydrogens is 282 g/mol. The van der Waals surface area contributed by atoms with Crippen molar-refractivity contribution in [3.05, 3.63) is 52.1 Å². The lowest BCUT2D eigenvalue weighted by Crippen LogP contribution is -2.27. The number of nitrogens with zero attached hydrogens (tertiary/aromatic N) is 1. The predicted molar refractivity (Wildman–Crippen MR) is 85.6 cm³/mol. The van der Waals surface area contributed by atoms with Gasteiger partial charge in [-0.2, -0.15) is 0 Å². The smallest absolute Gasteiger partial charge is 0.224 e. The minimum Gasteiger partial charge on any atom is -0.361 e. The van der Waals surface area contributed by atoms with E-state index in [1.54, 1.807) is 11.3 Å². The Morgan fingerprint density at radius 1 is 1.38 bits per heavy atom. The summed E-state index contributed by atoms with van der Waals surface area (Å²) in [6.45, 7) is 2.65. The molecule has 2 aromatic heterocycles. The van der Waals surface area contributed by atoms with E-state index in [4.69, 9.17) is 0 Å². The Balaban J connectivity index is 1.54. The van der Waals surface area contributed by atoms with Gasteiger partial charge in [0.15, 0.2) is 0 Å². The summed E-state index contributed by atoms with van der Waals surface area (Å²) >= 11 is 1.68. The Morgan fingerprint density at radius 2 is 2.24 bits per heavy atom. The normalized spacial score (nSPS) is 10.9. The van der Waals surface area contributed by atoms with E-state index < -0.39 is 0 Å². The van der Waals surface area contributed by atoms with Crippen LogP contribution in [0.25, 0.3) is 10.9 Å². The summed E-state index contributed by atoms with van der Waals surface area (Å²) in [6.07, 6.45) is 5.04. The lowest BCUT2D eigenvalue weighted by atomic mass is 10.1. The highest BCUT2D eigenvalue weighted by molar-refractivity contribution is 7.11. The number of amides is 1. The Labute approximate surface area is 127 Å². The van der Waals surface area contributed by atoms with Gasteiger partial charge in [-0.3, -0.25) is 4.79 Å². The molecule has 5 heteroatoms. The average Bonchev–Trinajstić information content (AvgIpc) is 3.06. The molecule has 0 bridgehead atoms. The van der Waals surface area contributed by atoms with Crippen LogP contribution >= 0.6 is 11.3 Å². The van der Waals surface area contributed by atoms with Gasteiger partial charge in [-0.25, -0.2) is 4.98 Å². The molecule has 0 unspecified atom stereocenters. The first-order valence-corrected chi connectivity index (χ1v) is 7.77. The van der Waals surface area contributed by atoms with Crippen molar-refractivity contribution in [1.29, 1.82) is 0 Å². The largest absolute Gasteiger partial charge is 0.361 e. The first-order valence-electron chi connectivity index (χ1n) is 6.95. The topological polar surface area (TPSA) is 57.8 Å². The highest BCUT2D eigenvalue weighted by atomic mass is 32.1. The maximum Gasteiger partial charge on any atom is 0.224 e. The van der Waals surface area contributed by atoms with Gasteiger partial charge in [-0.15, -0.1) is 11.3 Å². The van der Waals surface area contributed by atoms with E-state index in [0.29, 0.717) is 13.0 Å². The first kappa shape index (κ1) is 13.8. The van der Waals surface area contributed by atoms with Crippen LogP contribution in [0, 0.1) is 6.92 Å². The van der Waals surface area contributed by atoms with Crippen LogP contribution in [0.5, 0.6) is 0 Å². The van der Waals surface area contributed by atoms with Gasteiger partial charge in [-0.05, 0) is 18.6 Å². The number of aromatic nitrogens is 2. The minimum absolute atomic E-state index is 0.0565. The summed E-state index contributed by atoms with van der Waals surface area (Å²) in [4.78, 5) is 20.6. The van der Waals surface area contributed by atoms with Gasteiger partial charge < -0.3 is 10.3 Å². The summed E-state index contributed by atoms with van der Waals surface area (Å²) in [5, 5.41) is 5.15. The number of fused-ring (bicyclic) bond motifs is 1. The minimum atomic E-state index is 0.0565. The van der Waals surface area contributed by atoms with Gasteiger partial charge in [0, 0.05) is 41.1 Å². The van der Waals surface area contributed by atoms with Gasteiger partial charge >= 0.3 is 0 Å². The molecule has 0 aliphatic heterocycles. The molecule has 3 rings (SSSR count). The summed E-state index contributed by atoms with van der Waals surface area (Å²) in [7, 11) is 0. The van der Waals surface area contributed by atoms with Crippen LogP contribution in [0.15, 0.2) is 36.7 Å². The Hall–Kier alpha value is -2.14. The SMILES string of the molecule is Cc1ncc(CCNC(=O)Cc2c[nH]c3ccccc23)s1. The first-order chi connectivity index (χ1) is 10.2.